The van der Waals surface area contributed by atoms with Crippen molar-refractivity contribution in [3.63, 3.8) is 0 Å². The van der Waals surface area contributed by atoms with E-state index in [1.54, 1.807) is 0 Å². The maximum atomic E-state index is 6.12. The molecule has 0 aliphatic carbocycles. The minimum Gasteiger partial charge on any atom is -0.493 e. The van der Waals surface area contributed by atoms with E-state index in [9.17, 15) is 0 Å². The number of benzene rings is 3. The van der Waals surface area contributed by atoms with Gasteiger partial charge in [0, 0.05) is 12.5 Å². The molecule has 1 N–H and O–H groups in total. The zero-order valence-electron chi connectivity index (χ0n) is 16.1. The van der Waals surface area contributed by atoms with Crippen LogP contribution >= 0.6 is 0 Å². The number of hydrogen-bond donors (Lipinski definition) is 1. The molecule has 1 fully saturated rings. The molecule has 0 bridgehead atoms. The topological polar surface area (TPSA) is 30.5 Å². The molecule has 0 spiro atoms. The van der Waals surface area contributed by atoms with E-state index in [2.05, 4.69) is 47.8 Å². The molecule has 0 saturated carbocycles. The second-order valence-electron chi connectivity index (χ2n) is 7.33. The highest BCUT2D eigenvalue weighted by Gasteiger charge is 2.26. The molecule has 1 saturated heterocycles. The summed E-state index contributed by atoms with van der Waals surface area (Å²) >= 11 is 0. The van der Waals surface area contributed by atoms with E-state index in [-0.39, 0.29) is 0 Å². The molecular formula is C25H27NO2. The third-order valence-corrected chi connectivity index (χ3v) is 5.37. The first-order valence-electron chi connectivity index (χ1n) is 10.0. The lowest BCUT2D eigenvalue weighted by Crippen LogP contribution is -2.38. The lowest BCUT2D eigenvalue weighted by Gasteiger charge is -2.32. The lowest BCUT2D eigenvalue weighted by atomic mass is 9.81. The molecule has 3 aromatic rings. The van der Waals surface area contributed by atoms with Crippen molar-refractivity contribution in [2.75, 3.05) is 19.7 Å². The fraction of sp³-hybridized carbons (Fsp3) is 0.280. The van der Waals surface area contributed by atoms with Crippen LogP contribution in [0.5, 0.6) is 11.5 Å². The standard InChI is InChI=1S/C25H27NO2/c1-3-7-20(8-4-1)18-27-23-11-13-24(14-12-23)28-19-22-17-26-16-15-25(22)21-9-5-2-6-10-21/h1-14,22,25-26H,15-19H2. The number of nitrogens with one attached hydrogen (secondary N) is 1. The predicted molar refractivity (Wildman–Crippen MR) is 113 cm³/mol. The van der Waals surface area contributed by atoms with E-state index < -0.39 is 0 Å². The minimum atomic E-state index is 0.477. The van der Waals surface area contributed by atoms with E-state index in [1.165, 1.54) is 11.1 Å². The fourth-order valence-corrected chi connectivity index (χ4v) is 3.81. The Labute approximate surface area is 167 Å². The fourth-order valence-electron chi connectivity index (χ4n) is 3.81. The van der Waals surface area contributed by atoms with Crippen LogP contribution in [0, 0.1) is 5.92 Å². The summed E-state index contributed by atoms with van der Waals surface area (Å²) in [7, 11) is 0. The van der Waals surface area contributed by atoms with Crippen LogP contribution in [0.3, 0.4) is 0 Å². The van der Waals surface area contributed by atoms with Crippen LogP contribution in [-0.4, -0.2) is 19.7 Å². The molecule has 2 atom stereocenters. The molecule has 3 heteroatoms. The largest absolute Gasteiger partial charge is 0.493 e. The van der Waals surface area contributed by atoms with Crippen LogP contribution in [0.1, 0.15) is 23.5 Å². The highest BCUT2D eigenvalue weighted by Crippen LogP contribution is 2.31. The maximum absolute atomic E-state index is 6.12. The van der Waals surface area contributed by atoms with Gasteiger partial charge in [-0.15, -0.1) is 0 Å². The molecule has 2 unspecified atom stereocenters. The van der Waals surface area contributed by atoms with Crippen molar-refractivity contribution in [1.82, 2.24) is 5.32 Å². The molecular weight excluding hydrogens is 346 g/mol. The number of piperidine rings is 1. The van der Waals surface area contributed by atoms with Crippen molar-refractivity contribution >= 4 is 0 Å². The zero-order chi connectivity index (χ0) is 19.0. The molecule has 0 aromatic heterocycles. The van der Waals surface area contributed by atoms with Gasteiger partial charge >= 0.3 is 0 Å². The van der Waals surface area contributed by atoms with Gasteiger partial charge in [0.2, 0.25) is 0 Å². The summed E-state index contributed by atoms with van der Waals surface area (Å²) < 4.78 is 12.0. The van der Waals surface area contributed by atoms with Gasteiger partial charge in [0.25, 0.3) is 0 Å². The molecule has 1 heterocycles. The van der Waals surface area contributed by atoms with E-state index in [4.69, 9.17) is 9.47 Å². The second kappa shape index (κ2) is 9.43. The van der Waals surface area contributed by atoms with Crippen molar-refractivity contribution in [1.29, 1.82) is 0 Å². The Hall–Kier alpha value is -2.78. The Morgan fingerprint density at radius 2 is 1.39 bits per heavy atom. The molecule has 0 amide bonds. The predicted octanol–water partition coefficient (Wildman–Crippen LogP) is 5.04. The lowest BCUT2D eigenvalue weighted by molar-refractivity contribution is 0.196. The Balaban J connectivity index is 1.31. The summed E-state index contributed by atoms with van der Waals surface area (Å²) in [6.45, 7) is 3.37. The van der Waals surface area contributed by atoms with Crippen LogP contribution < -0.4 is 14.8 Å². The highest BCUT2D eigenvalue weighted by molar-refractivity contribution is 5.31. The van der Waals surface area contributed by atoms with Crippen molar-refractivity contribution in [2.24, 2.45) is 5.92 Å². The quantitative estimate of drug-likeness (QED) is 0.629. The summed E-state index contributed by atoms with van der Waals surface area (Å²) in [5, 5.41) is 3.51. The molecule has 3 nitrogen and oxygen atoms in total. The molecule has 3 aromatic carbocycles. The van der Waals surface area contributed by atoms with Gasteiger partial charge in [-0.1, -0.05) is 60.7 Å². The molecule has 1 aliphatic heterocycles. The smallest absolute Gasteiger partial charge is 0.120 e. The zero-order valence-corrected chi connectivity index (χ0v) is 16.1. The van der Waals surface area contributed by atoms with E-state index in [0.717, 1.165) is 37.6 Å². The summed E-state index contributed by atoms with van der Waals surface area (Å²) in [6.07, 6.45) is 1.16. The van der Waals surface area contributed by atoms with Crippen LogP contribution in [0.15, 0.2) is 84.9 Å². The van der Waals surface area contributed by atoms with Crippen LogP contribution in [0.4, 0.5) is 0 Å². The highest BCUT2D eigenvalue weighted by atomic mass is 16.5. The SMILES string of the molecule is c1ccc(COc2ccc(OCC3CNCCC3c3ccccc3)cc2)cc1. The van der Waals surface area contributed by atoms with Crippen LogP contribution in [0.2, 0.25) is 0 Å². The van der Waals surface area contributed by atoms with Gasteiger partial charge in [-0.2, -0.15) is 0 Å². The molecule has 28 heavy (non-hydrogen) atoms. The summed E-state index contributed by atoms with van der Waals surface area (Å²) in [5.41, 5.74) is 2.59. The molecule has 0 radical (unpaired) electrons. The monoisotopic (exact) mass is 373 g/mol. The van der Waals surface area contributed by atoms with E-state index >= 15 is 0 Å². The minimum absolute atomic E-state index is 0.477. The summed E-state index contributed by atoms with van der Waals surface area (Å²) in [5.74, 6) is 2.78. The van der Waals surface area contributed by atoms with E-state index in [1.807, 2.05) is 42.5 Å². The first-order chi connectivity index (χ1) is 13.9. The van der Waals surface area contributed by atoms with Crippen molar-refractivity contribution < 1.29 is 9.47 Å². The van der Waals surface area contributed by atoms with Gasteiger partial charge in [-0.05, 0) is 54.3 Å². The summed E-state index contributed by atoms with van der Waals surface area (Å²) in [6, 6.07) is 29.0. The van der Waals surface area contributed by atoms with E-state index in [0.29, 0.717) is 18.4 Å². The van der Waals surface area contributed by atoms with Crippen LogP contribution in [0.25, 0.3) is 0 Å². The normalized spacial score (nSPS) is 19.1. The number of rotatable bonds is 7. The molecule has 4 rings (SSSR count). The first kappa shape index (κ1) is 18.6. The maximum Gasteiger partial charge on any atom is 0.120 e. The third kappa shape index (κ3) is 4.93. The van der Waals surface area contributed by atoms with Crippen molar-refractivity contribution in [3.8, 4) is 11.5 Å². The summed E-state index contributed by atoms with van der Waals surface area (Å²) in [4.78, 5) is 0. The van der Waals surface area contributed by atoms with Gasteiger partial charge in [-0.3, -0.25) is 0 Å². The second-order valence-corrected chi connectivity index (χ2v) is 7.33. The Kier molecular flexibility index (Phi) is 6.25. The molecule has 1 aliphatic rings. The molecule has 144 valence electrons. The van der Waals surface area contributed by atoms with Gasteiger partial charge < -0.3 is 14.8 Å². The van der Waals surface area contributed by atoms with Gasteiger partial charge in [0.05, 0.1) is 6.61 Å². The van der Waals surface area contributed by atoms with Crippen molar-refractivity contribution in [3.05, 3.63) is 96.1 Å². The van der Waals surface area contributed by atoms with Crippen LogP contribution in [-0.2, 0) is 6.61 Å². The number of ether oxygens (including phenoxy) is 2. The average molecular weight is 373 g/mol. The Bertz CT molecular complexity index is 833. The van der Waals surface area contributed by atoms with Gasteiger partial charge in [0.1, 0.15) is 18.1 Å². The number of hydrogen-bond acceptors (Lipinski definition) is 3. The first-order valence-corrected chi connectivity index (χ1v) is 10.0. The van der Waals surface area contributed by atoms with Crippen molar-refractivity contribution in [2.45, 2.75) is 18.9 Å². The van der Waals surface area contributed by atoms with Gasteiger partial charge in [0.15, 0.2) is 0 Å². The average Bonchev–Trinajstić information content (AvgIpc) is 2.78. The Morgan fingerprint density at radius 3 is 2.11 bits per heavy atom. The third-order valence-electron chi connectivity index (χ3n) is 5.37. The van der Waals surface area contributed by atoms with Gasteiger partial charge in [-0.25, -0.2) is 0 Å². The Morgan fingerprint density at radius 1 is 0.750 bits per heavy atom.